The molecule has 3 aromatic rings. The molecule has 0 aliphatic heterocycles. The fourth-order valence-electron chi connectivity index (χ4n) is 2.16. The second-order valence-electron chi connectivity index (χ2n) is 4.86. The first-order chi connectivity index (χ1) is 11.6. The second-order valence-corrected chi connectivity index (χ2v) is 6.29. The van der Waals surface area contributed by atoms with Crippen molar-refractivity contribution in [1.82, 2.24) is 10.9 Å². The zero-order chi connectivity index (χ0) is 16.9. The summed E-state index contributed by atoms with van der Waals surface area (Å²) in [5.41, 5.74) is 4.65. The maximum absolute atomic E-state index is 11.9. The van der Waals surface area contributed by atoms with Crippen LogP contribution in [-0.2, 0) is 4.79 Å². The smallest absolute Gasteiger partial charge is 0.305 e. The third kappa shape index (κ3) is 3.72. The third-order valence-corrected chi connectivity index (χ3v) is 4.61. The van der Waals surface area contributed by atoms with E-state index in [4.69, 9.17) is 16.0 Å². The number of hydrogen-bond donors (Lipinski definition) is 2. The van der Waals surface area contributed by atoms with Crippen LogP contribution in [0.3, 0.4) is 0 Å². The Hall–Kier alpha value is -2.44. The van der Waals surface area contributed by atoms with Crippen molar-refractivity contribution in [1.29, 1.82) is 0 Å². The van der Waals surface area contributed by atoms with Gasteiger partial charge in [-0.25, -0.2) is 0 Å². The van der Waals surface area contributed by atoms with Gasteiger partial charge in [0.25, 0.3) is 0 Å². The molecule has 0 unspecified atom stereocenters. The number of carbonyl (C=O) groups is 2. The number of fused-ring (bicyclic) bond motifs is 1. The van der Waals surface area contributed by atoms with Gasteiger partial charge in [-0.05, 0) is 29.7 Å². The van der Waals surface area contributed by atoms with Crippen LogP contribution in [0.5, 0.6) is 0 Å². The van der Waals surface area contributed by atoms with E-state index in [0.29, 0.717) is 5.02 Å². The summed E-state index contributed by atoms with van der Waals surface area (Å²) in [6.07, 6.45) is 1.39. The van der Waals surface area contributed by atoms with Crippen LogP contribution in [0.25, 0.3) is 10.8 Å². The summed E-state index contributed by atoms with van der Waals surface area (Å²) < 4.78 is 4.94. The van der Waals surface area contributed by atoms with Gasteiger partial charge in [0, 0.05) is 15.3 Å². The first-order valence-corrected chi connectivity index (χ1v) is 8.44. The number of hydrogen-bond acceptors (Lipinski definition) is 4. The van der Waals surface area contributed by atoms with Crippen LogP contribution < -0.4 is 10.9 Å². The van der Waals surface area contributed by atoms with Crippen LogP contribution in [-0.4, -0.2) is 17.6 Å². The van der Waals surface area contributed by atoms with E-state index in [-0.39, 0.29) is 17.4 Å². The van der Waals surface area contributed by atoms with E-state index >= 15 is 0 Å². The lowest BCUT2D eigenvalue weighted by Crippen LogP contribution is -2.42. The van der Waals surface area contributed by atoms with E-state index < -0.39 is 5.91 Å². The molecule has 0 saturated heterocycles. The molecular formula is C17H13ClN2O3S. The van der Waals surface area contributed by atoms with Gasteiger partial charge in [-0.3, -0.25) is 20.4 Å². The highest BCUT2D eigenvalue weighted by Gasteiger charge is 2.11. The Morgan fingerprint density at radius 3 is 2.58 bits per heavy atom. The van der Waals surface area contributed by atoms with Gasteiger partial charge >= 0.3 is 5.91 Å². The van der Waals surface area contributed by atoms with Crippen molar-refractivity contribution in [3.8, 4) is 0 Å². The van der Waals surface area contributed by atoms with Gasteiger partial charge < -0.3 is 4.42 Å². The molecule has 2 amide bonds. The number of furan rings is 1. The molecule has 0 aliphatic carbocycles. The molecule has 3 rings (SSSR count). The van der Waals surface area contributed by atoms with Crippen LogP contribution in [0.15, 0.2) is 64.1 Å². The maximum atomic E-state index is 11.9. The van der Waals surface area contributed by atoms with E-state index in [2.05, 4.69) is 10.9 Å². The van der Waals surface area contributed by atoms with E-state index in [0.717, 1.165) is 15.7 Å². The number of rotatable bonds is 4. The summed E-state index contributed by atoms with van der Waals surface area (Å²) in [5, 5.41) is 2.57. The van der Waals surface area contributed by atoms with E-state index in [1.807, 2.05) is 36.4 Å². The Morgan fingerprint density at radius 1 is 1.04 bits per heavy atom. The van der Waals surface area contributed by atoms with Crippen LogP contribution in [0.2, 0.25) is 5.02 Å². The minimum atomic E-state index is -0.508. The number of thioether (sulfide) groups is 1. The van der Waals surface area contributed by atoms with E-state index in [1.165, 1.54) is 24.1 Å². The van der Waals surface area contributed by atoms with Gasteiger partial charge in [0.05, 0.1) is 12.0 Å². The summed E-state index contributed by atoms with van der Waals surface area (Å²) in [5.74, 6) is -0.567. The number of benzene rings is 2. The fourth-order valence-corrected chi connectivity index (χ4v) is 3.40. The molecule has 1 aromatic heterocycles. The average Bonchev–Trinajstić information content (AvgIpc) is 3.12. The predicted octanol–water partition coefficient (Wildman–Crippen LogP) is 3.64. The first kappa shape index (κ1) is 16.4. The molecule has 0 fully saturated rings. The fraction of sp³-hybridized carbons (Fsp3) is 0.0588. The van der Waals surface area contributed by atoms with Crippen molar-refractivity contribution in [2.75, 3.05) is 5.75 Å². The van der Waals surface area contributed by atoms with Gasteiger partial charge in [0.1, 0.15) is 0 Å². The van der Waals surface area contributed by atoms with Gasteiger partial charge in [-0.2, -0.15) is 0 Å². The summed E-state index contributed by atoms with van der Waals surface area (Å²) in [4.78, 5) is 24.5. The van der Waals surface area contributed by atoms with Gasteiger partial charge in [0.2, 0.25) is 5.91 Å². The monoisotopic (exact) mass is 360 g/mol. The Bertz CT molecular complexity index is 875. The molecule has 0 radical (unpaired) electrons. The number of amides is 2. The lowest BCUT2D eigenvalue weighted by molar-refractivity contribution is -0.119. The van der Waals surface area contributed by atoms with E-state index in [9.17, 15) is 9.59 Å². The van der Waals surface area contributed by atoms with Crippen LogP contribution in [0, 0.1) is 0 Å². The molecule has 0 saturated carbocycles. The van der Waals surface area contributed by atoms with Gasteiger partial charge in [0.15, 0.2) is 5.76 Å². The molecule has 1 heterocycles. The van der Waals surface area contributed by atoms with Crippen molar-refractivity contribution in [2.45, 2.75) is 4.90 Å². The summed E-state index contributed by atoms with van der Waals surface area (Å²) in [7, 11) is 0. The van der Waals surface area contributed by atoms with Crippen molar-refractivity contribution in [3.05, 3.63) is 65.6 Å². The van der Waals surface area contributed by atoms with Crippen LogP contribution >= 0.6 is 23.4 Å². The molecule has 122 valence electrons. The molecule has 0 bridgehead atoms. The molecule has 7 heteroatoms. The standard InChI is InChI=1S/C17H13ClN2O3S/c18-12-6-1-4-11-5-2-8-14(16(11)12)24-10-15(21)19-20-17(22)13-7-3-9-23-13/h1-9H,10H2,(H,19,21)(H,20,22). The number of halogens is 1. The Balaban J connectivity index is 1.60. The molecule has 24 heavy (non-hydrogen) atoms. The average molecular weight is 361 g/mol. The first-order valence-electron chi connectivity index (χ1n) is 7.08. The quantitative estimate of drug-likeness (QED) is 0.550. The lowest BCUT2D eigenvalue weighted by atomic mass is 10.1. The summed E-state index contributed by atoms with van der Waals surface area (Å²) in [6.45, 7) is 0. The lowest BCUT2D eigenvalue weighted by Gasteiger charge is -2.09. The van der Waals surface area contributed by atoms with Crippen molar-refractivity contribution < 1.29 is 14.0 Å². The highest BCUT2D eigenvalue weighted by Crippen LogP contribution is 2.32. The van der Waals surface area contributed by atoms with Crippen molar-refractivity contribution in [2.24, 2.45) is 0 Å². The summed E-state index contributed by atoms with van der Waals surface area (Å²) >= 11 is 7.61. The molecule has 5 nitrogen and oxygen atoms in total. The number of hydrazine groups is 1. The van der Waals surface area contributed by atoms with E-state index in [1.54, 1.807) is 6.07 Å². The molecule has 0 atom stereocenters. The second kappa shape index (κ2) is 7.42. The van der Waals surface area contributed by atoms with Crippen LogP contribution in [0.4, 0.5) is 0 Å². The SMILES string of the molecule is O=C(CSc1cccc2cccc(Cl)c12)NNC(=O)c1ccco1. The number of nitrogens with one attached hydrogen (secondary N) is 2. The van der Waals surface area contributed by atoms with Gasteiger partial charge in [-0.1, -0.05) is 35.9 Å². The van der Waals surface area contributed by atoms with Crippen molar-refractivity contribution >= 4 is 45.9 Å². The van der Waals surface area contributed by atoms with Crippen LogP contribution in [0.1, 0.15) is 10.6 Å². The highest BCUT2D eigenvalue weighted by molar-refractivity contribution is 8.00. The zero-order valence-electron chi connectivity index (χ0n) is 12.4. The normalized spacial score (nSPS) is 10.5. The summed E-state index contributed by atoms with van der Waals surface area (Å²) in [6, 6.07) is 14.6. The third-order valence-electron chi connectivity index (χ3n) is 3.23. The molecule has 2 N–H and O–H groups in total. The Kier molecular flexibility index (Phi) is 5.08. The maximum Gasteiger partial charge on any atom is 0.305 e. The molecular weight excluding hydrogens is 348 g/mol. The minimum absolute atomic E-state index is 0.129. The van der Waals surface area contributed by atoms with Gasteiger partial charge in [-0.15, -0.1) is 11.8 Å². The molecule has 2 aromatic carbocycles. The topological polar surface area (TPSA) is 71.3 Å². The Morgan fingerprint density at radius 2 is 1.83 bits per heavy atom. The predicted molar refractivity (Wildman–Crippen MR) is 94.0 cm³/mol. The highest BCUT2D eigenvalue weighted by atomic mass is 35.5. The number of carbonyl (C=O) groups excluding carboxylic acids is 2. The minimum Gasteiger partial charge on any atom is -0.459 e. The molecule has 0 aliphatic rings. The van der Waals surface area contributed by atoms with Crippen molar-refractivity contribution in [3.63, 3.8) is 0 Å². The Labute approximate surface area is 147 Å². The largest absolute Gasteiger partial charge is 0.459 e. The molecule has 0 spiro atoms. The zero-order valence-corrected chi connectivity index (χ0v) is 14.0.